The maximum absolute atomic E-state index is 14.7. The van der Waals surface area contributed by atoms with Crippen molar-refractivity contribution >= 4 is 28.6 Å². The van der Waals surface area contributed by atoms with Crippen LogP contribution in [0.3, 0.4) is 0 Å². The number of aliphatic hydroxyl groups excluding tert-OH is 1. The van der Waals surface area contributed by atoms with Crippen molar-refractivity contribution < 1.29 is 9.50 Å². The summed E-state index contributed by atoms with van der Waals surface area (Å²) in [6.07, 6.45) is 2.41. The van der Waals surface area contributed by atoms with Crippen LogP contribution in [-0.2, 0) is 0 Å². The first-order valence-electron chi connectivity index (χ1n) is 8.67. The largest absolute Gasteiger partial charge is 0.396 e. The highest BCUT2D eigenvalue weighted by molar-refractivity contribution is 6.72. The lowest BCUT2D eigenvalue weighted by molar-refractivity contribution is 0.289. The second kappa shape index (κ2) is 9.24. The van der Waals surface area contributed by atoms with Crippen molar-refractivity contribution in [3.8, 4) is 0 Å². The Kier molecular flexibility index (Phi) is 7.03. The van der Waals surface area contributed by atoms with Gasteiger partial charge in [0, 0.05) is 46.4 Å². The van der Waals surface area contributed by atoms with E-state index in [1.807, 2.05) is 17.9 Å². The summed E-state index contributed by atoms with van der Waals surface area (Å²) >= 11 is 0. The second-order valence-electron chi connectivity index (χ2n) is 5.74. The van der Waals surface area contributed by atoms with E-state index in [9.17, 15) is 4.39 Å². The van der Waals surface area contributed by atoms with Gasteiger partial charge in [-0.3, -0.25) is 9.98 Å². The number of hydrogen-bond acceptors (Lipinski definition) is 6. The molecule has 0 aromatic heterocycles. The highest BCUT2D eigenvalue weighted by Crippen LogP contribution is 2.26. The van der Waals surface area contributed by atoms with Crippen molar-refractivity contribution in [1.29, 1.82) is 0 Å². The van der Waals surface area contributed by atoms with Crippen molar-refractivity contribution in [2.45, 2.75) is 13.3 Å². The van der Waals surface area contributed by atoms with Gasteiger partial charge in [-0.15, -0.1) is 0 Å². The van der Waals surface area contributed by atoms with Crippen LogP contribution >= 0.6 is 0 Å². The molecule has 26 heavy (non-hydrogen) atoms. The molecule has 0 radical (unpaired) electrons. The van der Waals surface area contributed by atoms with Gasteiger partial charge < -0.3 is 15.3 Å². The molecule has 140 valence electrons. The molecule has 0 bridgehead atoms. The number of anilines is 1. The molecule has 0 unspecified atom stereocenters. The van der Waals surface area contributed by atoms with E-state index in [2.05, 4.69) is 20.3 Å². The number of nitrogens with zero attached hydrogens (tertiary/aromatic N) is 4. The van der Waals surface area contributed by atoms with Crippen LogP contribution in [0.15, 0.2) is 39.3 Å². The summed E-state index contributed by atoms with van der Waals surface area (Å²) in [6.45, 7) is 3.33. The average molecular weight is 359 g/mol. The molecule has 1 aliphatic rings. The number of amidine groups is 1. The van der Waals surface area contributed by atoms with Gasteiger partial charge in [-0.1, -0.05) is 6.07 Å². The van der Waals surface area contributed by atoms with Crippen molar-refractivity contribution in [2.24, 2.45) is 15.0 Å². The van der Waals surface area contributed by atoms with Gasteiger partial charge in [-0.05, 0) is 31.6 Å². The molecule has 6 nitrogen and oxygen atoms in total. The van der Waals surface area contributed by atoms with Crippen LogP contribution < -0.4 is 10.2 Å². The highest BCUT2D eigenvalue weighted by Gasteiger charge is 2.20. The molecule has 1 aromatic rings. The van der Waals surface area contributed by atoms with Gasteiger partial charge >= 0.3 is 0 Å². The van der Waals surface area contributed by atoms with Crippen molar-refractivity contribution in [2.75, 3.05) is 45.7 Å². The SMILES string of the molecule is CCN(CCCO)c1ccc(C2=CC(=N/C)/C(=N\C)C(NC)=N2)cc1F. The van der Waals surface area contributed by atoms with E-state index in [4.69, 9.17) is 5.11 Å². The first-order valence-corrected chi connectivity index (χ1v) is 8.67. The molecule has 1 aromatic carbocycles. The molecule has 0 fully saturated rings. The molecule has 2 N–H and O–H groups in total. The summed E-state index contributed by atoms with van der Waals surface area (Å²) in [6, 6.07) is 5.10. The number of aliphatic hydroxyl groups is 1. The highest BCUT2D eigenvalue weighted by atomic mass is 19.1. The molecule has 1 aliphatic heterocycles. The Hall–Kier alpha value is -2.54. The van der Waals surface area contributed by atoms with Gasteiger partial charge in [0.2, 0.25) is 0 Å². The van der Waals surface area contributed by atoms with Gasteiger partial charge in [0.15, 0.2) is 5.84 Å². The smallest absolute Gasteiger partial charge is 0.154 e. The third-order valence-corrected chi connectivity index (χ3v) is 4.23. The maximum atomic E-state index is 14.7. The Balaban J connectivity index is 2.39. The average Bonchev–Trinajstić information content (AvgIpc) is 2.68. The molecule has 0 saturated carbocycles. The monoisotopic (exact) mass is 359 g/mol. The van der Waals surface area contributed by atoms with Crippen LogP contribution in [0.5, 0.6) is 0 Å². The van der Waals surface area contributed by atoms with E-state index >= 15 is 0 Å². The Morgan fingerprint density at radius 3 is 2.58 bits per heavy atom. The summed E-state index contributed by atoms with van der Waals surface area (Å²) < 4.78 is 14.7. The molecule has 0 saturated heterocycles. The van der Waals surface area contributed by atoms with E-state index < -0.39 is 0 Å². The minimum absolute atomic E-state index is 0.0883. The van der Waals surface area contributed by atoms with Crippen LogP contribution in [0.1, 0.15) is 18.9 Å². The lowest BCUT2D eigenvalue weighted by Gasteiger charge is -2.24. The van der Waals surface area contributed by atoms with E-state index in [1.165, 1.54) is 6.07 Å². The zero-order valence-electron chi connectivity index (χ0n) is 15.8. The van der Waals surface area contributed by atoms with Crippen LogP contribution in [0.25, 0.3) is 5.70 Å². The minimum atomic E-state index is -0.311. The zero-order chi connectivity index (χ0) is 19.1. The number of halogens is 1. The normalized spacial score (nSPS) is 17.3. The lowest BCUT2D eigenvalue weighted by atomic mass is 10.0. The molecule has 7 heteroatoms. The number of hydrogen-bond donors (Lipinski definition) is 2. The summed E-state index contributed by atoms with van der Waals surface area (Å²) in [7, 11) is 5.15. The fourth-order valence-electron chi connectivity index (χ4n) is 2.87. The summed E-state index contributed by atoms with van der Waals surface area (Å²) in [5.41, 5.74) is 3.21. The number of aliphatic imine (C=N–C) groups is 3. The van der Waals surface area contributed by atoms with E-state index in [0.717, 1.165) is 0 Å². The molecule has 0 amide bonds. The predicted octanol–water partition coefficient (Wildman–Crippen LogP) is 2.15. The third-order valence-electron chi connectivity index (χ3n) is 4.23. The van der Waals surface area contributed by atoms with Gasteiger partial charge in [0.25, 0.3) is 0 Å². The predicted molar refractivity (Wildman–Crippen MR) is 107 cm³/mol. The summed E-state index contributed by atoms with van der Waals surface area (Å²) in [4.78, 5) is 14.9. The Morgan fingerprint density at radius 1 is 1.27 bits per heavy atom. The third kappa shape index (κ3) is 4.16. The number of allylic oxidation sites excluding steroid dienone is 1. The quantitative estimate of drug-likeness (QED) is 0.817. The molecule has 0 aliphatic carbocycles. The van der Waals surface area contributed by atoms with Gasteiger partial charge in [-0.25, -0.2) is 9.38 Å². The first-order chi connectivity index (χ1) is 12.6. The molecular formula is C19H26FN5O. The fraction of sp³-hybridized carbons (Fsp3) is 0.421. The van der Waals surface area contributed by atoms with E-state index in [-0.39, 0.29) is 12.4 Å². The minimum Gasteiger partial charge on any atom is -0.396 e. The topological polar surface area (TPSA) is 72.6 Å². The van der Waals surface area contributed by atoms with Crippen molar-refractivity contribution in [1.82, 2.24) is 5.32 Å². The van der Waals surface area contributed by atoms with E-state index in [1.54, 1.807) is 33.3 Å². The standard InChI is InChI=1S/C19H26FN5O/c1-5-25(9-6-10-26)17-8-7-13(11-14(17)20)15-12-16(21-2)18(22-3)19(23-4)24-15/h7-8,11-12,26H,5-6,9-10H2,1-4H3,(H,23,24)/b21-16-,22-18+. The number of nitrogens with one attached hydrogen (secondary N) is 1. The first kappa shape index (κ1) is 19.8. The molecule has 0 spiro atoms. The Labute approximate surface area is 153 Å². The zero-order valence-corrected chi connectivity index (χ0v) is 15.8. The Morgan fingerprint density at radius 2 is 2.04 bits per heavy atom. The number of benzene rings is 1. The second-order valence-corrected chi connectivity index (χ2v) is 5.74. The van der Waals surface area contributed by atoms with Gasteiger partial charge in [-0.2, -0.15) is 0 Å². The van der Waals surface area contributed by atoms with Crippen molar-refractivity contribution in [3.05, 3.63) is 35.7 Å². The molecule has 0 atom stereocenters. The molecule has 2 rings (SSSR count). The van der Waals surface area contributed by atoms with E-state index in [0.29, 0.717) is 53.7 Å². The van der Waals surface area contributed by atoms with Crippen LogP contribution in [0.2, 0.25) is 0 Å². The van der Waals surface area contributed by atoms with Crippen molar-refractivity contribution in [3.63, 3.8) is 0 Å². The van der Waals surface area contributed by atoms with Crippen LogP contribution in [-0.4, -0.2) is 63.2 Å². The fourth-order valence-corrected chi connectivity index (χ4v) is 2.87. The number of rotatable bonds is 6. The Bertz CT molecular complexity index is 767. The van der Waals surface area contributed by atoms with Crippen LogP contribution in [0.4, 0.5) is 10.1 Å². The molecule has 1 heterocycles. The van der Waals surface area contributed by atoms with Gasteiger partial charge in [0.1, 0.15) is 11.5 Å². The molecular weight excluding hydrogens is 333 g/mol. The van der Waals surface area contributed by atoms with Crippen LogP contribution in [0, 0.1) is 5.82 Å². The maximum Gasteiger partial charge on any atom is 0.154 e. The summed E-state index contributed by atoms with van der Waals surface area (Å²) in [5.74, 6) is 0.294. The van der Waals surface area contributed by atoms with Gasteiger partial charge in [0.05, 0.1) is 17.1 Å². The summed E-state index contributed by atoms with van der Waals surface area (Å²) in [5, 5.41) is 12.0. The lowest BCUT2D eigenvalue weighted by Crippen LogP contribution is -2.35.